The summed E-state index contributed by atoms with van der Waals surface area (Å²) in [6.07, 6.45) is 3.67. The van der Waals surface area contributed by atoms with Gasteiger partial charge in [0.15, 0.2) is 0 Å². The first kappa shape index (κ1) is 93.3. The van der Waals surface area contributed by atoms with Crippen LogP contribution in [0.15, 0.2) is 0 Å². The van der Waals surface area contributed by atoms with Gasteiger partial charge in [-0.25, -0.2) is 0 Å². The molecule has 592 valence electrons. The van der Waals surface area contributed by atoms with Gasteiger partial charge in [-0.2, -0.15) is 0 Å². The van der Waals surface area contributed by atoms with Crippen LogP contribution < -0.4 is 92.5 Å². The Morgan fingerprint density at radius 2 is 0.769 bits per heavy atom. The molecule has 37 nitrogen and oxygen atoms in total. The maximum Gasteiger partial charge on any atom is 0.303 e. The van der Waals surface area contributed by atoms with Crippen molar-refractivity contribution in [2.45, 2.75) is 263 Å². The number of nitrogens with one attached hydrogen (secondary N) is 12. The molecule has 1 rings (SSSR count). The van der Waals surface area contributed by atoms with Gasteiger partial charge >= 0.3 is 5.97 Å². The van der Waals surface area contributed by atoms with Crippen LogP contribution in [-0.4, -0.2) is 233 Å². The number of aliphatic carboxylic acids is 1. The number of amides is 15. The molecular weight excluding hydrogens is 1360 g/mol. The average Bonchev–Trinajstić information content (AvgIpc) is 0.987. The predicted molar refractivity (Wildman–Crippen MR) is 380 cm³/mol. The van der Waals surface area contributed by atoms with Gasteiger partial charge in [0.2, 0.25) is 88.6 Å². The van der Waals surface area contributed by atoms with E-state index in [4.69, 9.17) is 28.7 Å². The Hall–Kier alpha value is -8.68. The fourth-order valence-corrected chi connectivity index (χ4v) is 11.1. The standard InChI is InChI=1S/C67H120N18O19/c1-9-13-21-41(56(72)93)74-58(95)42(22-14-17-30-68)75-59(96)43(23-15-18-31-69)76-63(100)48(36-87)81-65(102)53(37(5)10-2)82-51(90)34-73-57(94)45(27-29-52(91)92)77-62(99)47(35-86)80-60(97)46(26-28-50(71)89)79-66(103)54(38(6)11-3)84-67(104)55(39(7)12-4)83-61(98)44(24-16-19-32-70)78-64(101)49-25-20-33-85(49)40(8)88/h37-39,41-49,53-55,86-87H,9-36,68-70H2,1-8H3,(H2,71,89)(H2,72,93)(H,73,94)(H,74,95)(H,75,96)(H,76,100)(H,77,99)(H,78,101)(H,79,103)(H,80,97)(H,81,102)(H,82,90)(H,83,98)(H,84,104)(H,91,92)/t37-,38-,39-,41?,42-,43-,44-,45-,46-,47-,48-,49-,53-,54-,55-/m0/s1. The summed E-state index contributed by atoms with van der Waals surface area (Å²) in [5.41, 5.74) is 28.1. The van der Waals surface area contributed by atoms with Gasteiger partial charge in [-0.05, 0) is 127 Å². The molecular formula is C67H120N18O19. The zero-order valence-corrected chi connectivity index (χ0v) is 61.7. The monoisotopic (exact) mass is 1480 g/mol. The van der Waals surface area contributed by atoms with E-state index in [1.807, 2.05) is 6.92 Å². The van der Waals surface area contributed by atoms with E-state index in [-0.39, 0.29) is 57.5 Å². The van der Waals surface area contributed by atoms with Gasteiger partial charge in [0.25, 0.3) is 0 Å². The number of rotatable bonds is 54. The molecule has 0 saturated carbocycles. The molecule has 0 aliphatic carbocycles. The molecule has 37 heteroatoms. The molecule has 0 bridgehead atoms. The molecule has 15 atom stereocenters. The van der Waals surface area contributed by atoms with Crippen LogP contribution in [0.25, 0.3) is 0 Å². The first-order chi connectivity index (χ1) is 49.2. The van der Waals surface area contributed by atoms with Crippen LogP contribution in [0.3, 0.4) is 0 Å². The second kappa shape index (κ2) is 50.7. The summed E-state index contributed by atoms with van der Waals surface area (Å²) >= 11 is 0. The number of unbranched alkanes of at least 4 members (excludes halogenated alkanes) is 4. The van der Waals surface area contributed by atoms with Crippen molar-refractivity contribution in [3.8, 4) is 0 Å². The van der Waals surface area contributed by atoms with Crippen LogP contribution in [0.5, 0.6) is 0 Å². The van der Waals surface area contributed by atoms with Crippen LogP contribution in [0, 0.1) is 17.8 Å². The van der Waals surface area contributed by atoms with Gasteiger partial charge in [0, 0.05) is 26.3 Å². The maximum atomic E-state index is 14.4. The molecule has 0 spiro atoms. The van der Waals surface area contributed by atoms with Crippen LogP contribution in [0.1, 0.15) is 190 Å². The van der Waals surface area contributed by atoms with Crippen LogP contribution >= 0.6 is 0 Å². The van der Waals surface area contributed by atoms with Crippen molar-refractivity contribution in [3.05, 3.63) is 0 Å². The number of carboxylic acids is 1. The molecule has 1 fully saturated rings. The Labute approximate surface area is 608 Å². The molecule has 0 radical (unpaired) electrons. The second-order valence-corrected chi connectivity index (χ2v) is 26.5. The lowest BCUT2D eigenvalue weighted by Crippen LogP contribution is -2.62. The van der Waals surface area contributed by atoms with Gasteiger partial charge in [-0.3, -0.25) is 76.7 Å². The summed E-state index contributed by atoms with van der Waals surface area (Å²) in [6.45, 7) is 11.3. The Balaban J connectivity index is 3.41. The Bertz CT molecular complexity index is 2840. The Kier molecular flexibility index (Phi) is 45.5. The number of aliphatic hydroxyl groups excluding tert-OH is 2. The van der Waals surface area contributed by atoms with Crippen molar-refractivity contribution in [1.82, 2.24) is 68.7 Å². The maximum absolute atomic E-state index is 14.4. The Morgan fingerprint density at radius 1 is 0.423 bits per heavy atom. The van der Waals surface area contributed by atoms with Crippen molar-refractivity contribution >= 4 is 94.6 Å². The molecule has 1 saturated heterocycles. The summed E-state index contributed by atoms with van der Waals surface area (Å²) in [4.78, 5) is 217. The lowest BCUT2D eigenvalue weighted by molar-refractivity contribution is -0.139. The zero-order chi connectivity index (χ0) is 78.8. The third-order valence-corrected chi connectivity index (χ3v) is 18.3. The number of carboxylic acid groups (broad SMARTS) is 1. The molecule has 0 aromatic rings. The second-order valence-electron chi connectivity index (χ2n) is 26.5. The van der Waals surface area contributed by atoms with E-state index in [1.54, 1.807) is 41.5 Å². The van der Waals surface area contributed by atoms with Crippen molar-refractivity contribution in [2.24, 2.45) is 46.4 Å². The first-order valence-electron chi connectivity index (χ1n) is 36.2. The average molecular weight is 1480 g/mol. The van der Waals surface area contributed by atoms with Gasteiger partial charge in [0.1, 0.15) is 72.5 Å². The molecule has 1 aliphatic heterocycles. The van der Waals surface area contributed by atoms with Crippen molar-refractivity contribution in [3.63, 3.8) is 0 Å². The van der Waals surface area contributed by atoms with Crippen molar-refractivity contribution in [1.29, 1.82) is 0 Å². The summed E-state index contributed by atoms with van der Waals surface area (Å²) in [5.74, 6) is -16.6. The molecule has 0 aromatic carbocycles. The molecule has 15 amide bonds. The number of aliphatic hydroxyl groups is 2. The molecule has 104 heavy (non-hydrogen) atoms. The van der Waals surface area contributed by atoms with E-state index in [1.165, 1.54) is 11.8 Å². The lowest BCUT2D eigenvalue weighted by Gasteiger charge is -2.31. The summed E-state index contributed by atoms with van der Waals surface area (Å²) in [7, 11) is 0. The van der Waals surface area contributed by atoms with Crippen LogP contribution in [0.4, 0.5) is 0 Å². The quantitative estimate of drug-likeness (QED) is 0.0253. The highest BCUT2D eigenvalue weighted by Gasteiger charge is 2.40. The minimum absolute atomic E-state index is 0.0100. The minimum Gasteiger partial charge on any atom is -0.481 e. The third kappa shape index (κ3) is 33.8. The zero-order valence-electron chi connectivity index (χ0n) is 61.7. The largest absolute Gasteiger partial charge is 0.481 e. The highest BCUT2D eigenvalue weighted by Crippen LogP contribution is 2.20. The van der Waals surface area contributed by atoms with Crippen LogP contribution in [-0.2, 0) is 76.7 Å². The topological polar surface area (TPSA) is 612 Å². The van der Waals surface area contributed by atoms with E-state index in [0.717, 1.165) is 0 Å². The van der Waals surface area contributed by atoms with Crippen LogP contribution in [0.2, 0.25) is 0 Å². The minimum atomic E-state index is -1.95. The van der Waals surface area contributed by atoms with Crippen molar-refractivity contribution in [2.75, 3.05) is 45.9 Å². The number of primary amides is 2. The number of nitrogens with zero attached hydrogens (tertiary/aromatic N) is 1. The number of hydrogen-bond donors (Lipinski definition) is 20. The van der Waals surface area contributed by atoms with Gasteiger partial charge < -0.3 is 113 Å². The van der Waals surface area contributed by atoms with E-state index >= 15 is 0 Å². The smallest absolute Gasteiger partial charge is 0.303 e. The lowest BCUT2D eigenvalue weighted by atomic mass is 9.94. The summed E-state index contributed by atoms with van der Waals surface area (Å²) < 4.78 is 0. The SMILES string of the molecule is CCCCC(NC(=O)[C@H](CCCCN)NC(=O)[C@H](CCCCN)NC(=O)[C@H](CO)NC(=O)[C@@H](NC(=O)CNC(=O)[C@H](CCC(=O)O)NC(=O)[C@H](CO)NC(=O)[C@H](CCC(N)=O)NC(=O)[C@@H](NC(=O)[C@@H](NC(=O)[C@H](CCCCN)NC(=O)[C@@H]1CCCN1C(C)=O)[C@@H](C)CC)[C@@H](C)CC)[C@@H](C)CC)C(N)=O. The highest BCUT2D eigenvalue weighted by atomic mass is 16.4. The van der Waals surface area contributed by atoms with Gasteiger partial charge in [-0.15, -0.1) is 0 Å². The number of carbonyl (C=O) groups is 16. The number of carbonyl (C=O) groups excluding carboxylic acids is 15. The van der Waals surface area contributed by atoms with E-state index in [9.17, 15) is 92.0 Å². The Morgan fingerprint density at radius 3 is 1.17 bits per heavy atom. The third-order valence-electron chi connectivity index (χ3n) is 18.3. The number of hydrogen-bond acceptors (Lipinski definition) is 21. The highest BCUT2D eigenvalue weighted by molar-refractivity contribution is 6.00. The summed E-state index contributed by atoms with van der Waals surface area (Å²) in [6, 6.07) is -16.9. The molecule has 0 aromatic heterocycles. The molecule has 1 heterocycles. The van der Waals surface area contributed by atoms with Gasteiger partial charge in [-0.1, -0.05) is 80.6 Å². The normalized spacial score (nSPS) is 16.7. The summed E-state index contributed by atoms with van der Waals surface area (Å²) in [5, 5.41) is 60.4. The van der Waals surface area contributed by atoms with Gasteiger partial charge in [0.05, 0.1) is 19.8 Å². The molecule has 25 N–H and O–H groups in total. The first-order valence-corrected chi connectivity index (χ1v) is 36.2. The van der Waals surface area contributed by atoms with E-state index < -0.39 is 224 Å². The van der Waals surface area contributed by atoms with E-state index in [2.05, 4.69) is 63.8 Å². The van der Waals surface area contributed by atoms with Crippen molar-refractivity contribution < 1.29 is 92.0 Å². The number of likely N-dealkylation sites (tertiary alicyclic amines) is 1. The fraction of sp³-hybridized carbons (Fsp3) is 0.761. The fourth-order valence-electron chi connectivity index (χ4n) is 11.1. The van der Waals surface area contributed by atoms with E-state index in [0.29, 0.717) is 83.7 Å². The molecule has 1 aliphatic rings. The predicted octanol–water partition coefficient (Wildman–Crippen LogP) is -5.24. The number of nitrogens with two attached hydrogens (primary N) is 5. The molecule has 1 unspecified atom stereocenters.